The summed E-state index contributed by atoms with van der Waals surface area (Å²) >= 11 is 0. The van der Waals surface area contributed by atoms with Crippen LogP contribution in [0.15, 0.2) is 35.1 Å². The van der Waals surface area contributed by atoms with Crippen LogP contribution in [-0.2, 0) is 9.59 Å². The average molecular weight is 329 g/mol. The Hall–Kier alpha value is -3.09. The molecule has 0 saturated carbocycles. The first kappa shape index (κ1) is 15.8. The molecule has 0 amide bonds. The van der Waals surface area contributed by atoms with Crippen molar-refractivity contribution >= 4 is 11.9 Å². The number of nitrogens with one attached hydrogen (secondary N) is 1. The number of aliphatic carboxylic acids is 1. The van der Waals surface area contributed by atoms with Gasteiger partial charge in [-0.2, -0.15) is 0 Å². The Morgan fingerprint density at radius 2 is 2.12 bits per heavy atom. The number of hydrogen-bond donors (Lipinski definition) is 2. The van der Waals surface area contributed by atoms with Gasteiger partial charge in [-0.05, 0) is 13.0 Å². The monoisotopic (exact) mass is 329 g/mol. The number of carbonyl (C=O) groups excluding carboxylic acids is 1. The van der Waals surface area contributed by atoms with E-state index < -0.39 is 24.5 Å². The summed E-state index contributed by atoms with van der Waals surface area (Å²) in [5, 5.41) is 8.80. The molecule has 0 saturated heterocycles. The van der Waals surface area contributed by atoms with Crippen molar-refractivity contribution < 1.29 is 24.2 Å². The number of rotatable bonds is 4. The lowest BCUT2D eigenvalue weighted by Crippen LogP contribution is -2.28. The molecule has 2 N–H and O–H groups in total. The molecule has 3 rings (SSSR count). The van der Waals surface area contributed by atoms with Crippen LogP contribution < -0.4 is 15.0 Å². The van der Waals surface area contributed by atoms with Crippen molar-refractivity contribution in [1.82, 2.24) is 4.98 Å². The second kappa shape index (κ2) is 6.19. The summed E-state index contributed by atoms with van der Waals surface area (Å²) in [6, 6.07) is 8.36. The molecular weight excluding hydrogens is 314 g/mol. The Labute approximate surface area is 136 Å². The number of pyridine rings is 1. The Morgan fingerprint density at radius 1 is 1.38 bits per heavy atom. The highest BCUT2D eigenvalue weighted by Gasteiger charge is 2.33. The van der Waals surface area contributed by atoms with E-state index in [9.17, 15) is 14.4 Å². The van der Waals surface area contributed by atoms with Gasteiger partial charge in [0.25, 0.3) is 5.56 Å². The van der Waals surface area contributed by atoms with E-state index >= 15 is 0 Å². The first-order valence-corrected chi connectivity index (χ1v) is 7.33. The van der Waals surface area contributed by atoms with Crippen LogP contribution in [0.2, 0.25) is 0 Å². The molecule has 0 bridgehead atoms. The fraction of sp³-hybridized carbons (Fsp3) is 0.235. The second-order valence-corrected chi connectivity index (χ2v) is 5.51. The van der Waals surface area contributed by atoms with Gasteiger partial charge >= 0.3 is 11.9 Å². The third kappa shape index (κ3) is 3.01. The van der Waals surface area contributed by atoms with Gasteiger partial charge < -0.3 is 19.6 Å². The zero-order chi connectivity index (χ0) is 17.3. The van der Waals surface area contributed by atoms with Crippen molar-refractivity contribution in [1.29, 1.82) is 0 Å². The molecular formula is C17H15NO6. The molecule has 0 fully saturated rings. The average Bonchev–Trinajstić information content (AvgIpc) is 2.51. The molecule has 1 aliphatic heterocycles. The fourth-order valence-electron chi connectivity index (χ4n) is 2.82. The van der Waals surface area contributed by atoms with Crippen molar-refractivity contribution in [3.63, 3.8) is 0 Å². The van der Waals surface area contributed by atoms with Gasteiger partial charge in [-0.15, -0.1) is 0 Å². The number of carboxylic acids is 1. The maximum atomic E-state index is 12.4. The number of hydrogen-bond acceptors (Lipinski definition) is 5. The molecule has 0 radical (unpaired) electrons. The number of para-hydroxylation sites is 1. The van der Waals surface area contributed by atoms with Crippen molar-refractivity contribution in [2.24, 2.45) is 0 Å². The Balaban J connectivity index is 2.10. The van der Waals surface area contributed by atoms with Gasteiger partial charge in [0.15, 0.2) is 6.61 Å². The largest absolute Gasteiger partial charge is 0.482 e. The van der Waals surface area contributed by atoms with E-state index in [1.165, 1.54) is 0 Å². The molecule has 124 valence electrons. The third-order valence-corrected chi connectivity index (χ3v) is 3.76. The molecule has 24 heavy (non-hydrogen) atoms. The molecule has 0 aliphatic carbocycles. The maximum absolute atomic E-state index is 12.4. The highest BCUT2D eigenvalue weighted by Crippen LogP contribution is 2.40. The maximum Gasteiger partial charge on any atom is 0.341 e. The van der Waals surface area contributed by atoms with Gasteiger partial charge in [0.05, 0.1) is 12.0 Å². The van der Waals surface area contributed by atoms with Crippen molar-refractivity contribution in [2.45, 2.75) is 19.3 Å². The number of aryl methyl sites for hydroxylation is 1. The summed E-state index contributed by atoms with van der Waals surface area (Å²) in [6.07, 6.45) is -0.0212. The van der Waals surface area contributed by atoms with Crippen LogP contribution in [-0.4, -0.2) is 28.6 Å². The number of esters is 1. The summed E-state index contributed by atoms with van der Waals surface area (Å²) in [7, 11) is 0. The molecule has 7 nitrogen and oxygen atoms in total. The number of H-pyrrole nitrogens is 1. The number of carbonyl (C=O) groups is 2. The Kier molecular flexibility index (Phi) is 4.07. The lowest BCUT2D eigenvalue weighted by Gasteiger charge is -2.25. The van der Waals surface area contributed by atoms with Gasteiger partial charge in [-0.25, -0.2) is 4.79 Å². The van der Waals surface area contributed by atoms with Gasteiger partial charge in [-0.3, -0.25) is 9.59 Å². The first-order chi connectivity index (χ1) is 11.5. The van der Waals surface area contributed by atoms with Crippen molar-refractivity contribution in [3.05, 3.63) is 57.5 Å². The van der Waals surface area contributed by atoms with Crippen LogP contribution in [0, 0.1) is 6.92 Å². The SMILES string of the molecule is Cc1cc2c(c(=O)[nH]1)C(c1ccccc1OCC(=O)O)CC(=O)O2. The van der Waals surface area contributed by atoms with E-state index in [0.29, 0.717) is 22.6 Å². The summed E-state index contributed by atoms with van der Waals surface area (Å²) < 4.78 is 10.5. The molecule has 0 spiro atoms. The molecule has 2 heterocycles. The number of ether oxygens (including phenoxy) is 2. The quantitative estimate of drug-likeness (QED) is 0.825. The molecule has 7 heteroatoms. The number of carboxylic acid groups (broad SMARTS) is 1. The molecule has 1 aromatic carbocycles. The van der Waals surface area contributed by atoms with Crippen LogP contribution in [0.4, 0.5) is 0 Å². The normalized spacial score (nSPS) is 16.2. The lowest BCUT2D eigenvalue weighted by atomic mass is 9.86. The molecule has 2 aromatic rings. The van der Waals surface area contributed by atoms with Crippen LogP contribution in [0.1, 0.15) is 29.2 Å². The molecule has 1 unspecified atom stereocenters. The summed E-state index contributed by atoms with van der Waals surface area (Å²) in [6.45, 7) is 1.19. The highest BCUT2D eigenvalue weighted by molar-refractivity contribution is 5.78. The number of aromatic amines is 1. The summed E-state index contributed by atoms with van der Waals surface area (Å²) in [5.41, 5.74) is 1.16. The fourth-order valence-corrected chi connectivity index (χ4v) is 2.82. The van der Waals surface area contributed by atoms with E-state index in [1.54, 1.807) is 37.3 Å². The highest BCUT2D eigenvalue weighted by atomic mass is 16.5. The van der Waals surface area contributed by atoms with Gasteiger partial charge in [0.1, 0.15) is 11.5 Å². The number of fused-ring (bicyclic) bond motifs is 1. The minimum atomic E-state index is -1.11. The predicted molar refractivity (Wildman–Crippen MR) is 83.5 cm³/mol. The van der Waals surface area contributed by atoms with E-state index in [4.69, 9.17) is 14.6 Å². The zero-order valence-electron chi connectivity index (χ0n) is 12.9. The van der Waals surface area contributed by atoms with E-state index in [0.717, 1.165) is 0 Å². The second-order valence-electron chi connectivity index (χ2n) is 5.51. The summed E-state index contributed by atoms with van der Waals surface area (Å²) in [5.74, 6) is -1.57. The Bertz CT molecular complexity index is 870. The van der Waals surface area contributed by atoms with Crippen molar-refractivity contribution in [3.8, 4) is 11.5 Å². The number of benzene rings is 1. The first-order valence-electron chi connectivity index (χ1n) is 7.33. The smallest absolute Gasteiger partial charge is 0.341 e. The lowest BCUT2D eigenvalue weighted by molar-refractivity contribution is -0.139. The van der Waals surface area contributed by atoms with Crippen LogP contribution in [0.25, 0.3) is 0 Å². The minimum absolute atomic E-state index is 0.0212. The van der Waals surface area contributed by atoms with E-state index in [-0.39, 0.29) is 17.7 Å². The van der Waals surface area contributed by atoms with Crippen LogP contribution in [0.3, 0.4) is 0 Å². The standard InChI is InChI=1S/C17H15NO6/c1-9-6-13-16(17(22)18-9)11(7-15(21)24-13)10-4-2-3-5-12(10)23-8-14(19)20/h2-6,11H,7-8H2,1H3,(H,18,22)(H,19,20). The number of aromatic nitrogens is 1. The van der Waals surface area contributed by atoms with Gasteiger partial charge in [0, 0.05) is 23.2 Å². The van der Waals surface area contributed by atoms with Gasteiger partial charge in [-0.1, -0.05) is 18.2 Å². The van der Waals surface area contributed by atoms with Crippen LogP contribution in [0.5, 0.6) is 11.5 Å². The minimum Gasteiger partial charge on any atom is -0.482 e. The topological polar surface area (TPSA) is 106 Å². The zero-order valence-corrected chi connectivity index (χ0v) is 12.9. The van der Waals surface area contributed by atoms with E-state index in [1.807, 2.05) is 0 Å². The molecule has 1 atom stereocenters. The van der Waals surface area contributed by atoms with Crippen molar-refractivity contribution in [2.75, 3.05) is 6.61 Å². The molecule has 1 aromatic heterocycles. The molecule has 1 aliphatic rings. The van der Waals surface area contributed by atoms with Gasteiger partial charge in [0.2, 0.25) is 0 Å². The van der Waals surface area contributed by atoms with E-state index in [2.05, 4.69) is 4.98 Å². The third-order valence-electron chi connectivity index (χ3n) is 3.76. The predicted octanol–water partition coefficient (Wildman–Crippen LogP) is 1.59. The summed E-state index contributed by atoms with van der Waals surface area (Å²) in [4.78, 5) is 37.8. The van der Waals surface area contributed by atoms with Crippen LogP contribution >= 0.6 is 0 Å². The Morgan fingerprint density at radius 3 is 2.88 bits per heavy atom.